The van der Waals surface area contributed by atoms with Crippen molar-refractivity contribution in [1.29, 1.82) is 0 Å². The van der Waals surface area contributed by atoms with Crippen molar-refractivity contribution in [1.82, 2.24) is 10.3 Å². The lowest BCUT2D eigenvalue weighted by atomic mass is 10.2. The second-order valence-electron chi connectivity index (χ2n) is 5.42. The highest BCUT2D eigenvalue weighted by Gasteiger charge is 2.15. The molecule has 3 N–H and O–H groups in total. The van der Waals surface area contributed by atoms with Crippen LogP contribution in [0.3, 0.4) is 0 Å². The third-order valence-electron chi connectivity index (χ3n) is 2.30. The first-order valence-electron chi connectivity index (χ1n) is 6.69. The SMILES string of the molecule is CC(C)(C)OC(=O)NCCCNc1cccc(C(=O)O)n1. The van der Waals surface area contributed by atoms with Gasteiger partial charge in [-0.3, -0.25) is 0 Å². The zero-order valence-electron chi connectivity index (χ0n) is 12.5. The molecule has 116 valence electrons. The maximum Gasteiger partial charge on any atom is 0.407 e. The van der Waals surface area contributed by atoms with Gasteiger partial charge < -0.3 is 20.5 Å². The molecule has 7 heteroatoms. The number of nitrogens with one attached hydrogen (secondary N) is 2. The Hall–Kier alpha value is -2.31. The van der Waals surface area contributed by atoms with E-state index < -0.39 is 17.7 Å². The highest BCUT2D eigenvalue weighted by Crippen LogP contribution is 2.06. The smallest absolute Gasteiger partial charge is 0.407 e. The Morgan fingerprint density at radius 3 is 2.62 bits per heavy atom. The fraction of sp³-hybridized carbons (Fsp3) is 0.500. The highest BCUT2D eigenvalue weighted by atomic mass is 16.6. The summed E-state index contributed by atoms with van der Waals surface area (Å²) < 4.78 is 5.10. The number of hydrogen-bond acceptors (Lipinski definition) is 5. The second kappa shape index (κ2) is 7.47. The van der Waals surface area contributed by atoms with E-state index in [4.69, 9.17) is 9.84 Å². The Balaban J connectivity index is 2.24. The first kappa shape index (κ1) is 16.7. The van der Waals surface area contributed by atoms with Crippen molar-refractivity contribution >= 4 is 17.9 Å². The van der Waals surface area contributed by atoms with E-state index in [1.54, 1.807) is 32.9 Å². The number of carbonyl (C=O) groups excluding carboxylic acids is 1. The molecule has 7 nitrogen and oxygen atoms in total. The van der Waals surface area contributed by atoms with Crippen molar-refractivity contribution in [3.8, 4) is 0 Å². The first-order chi connectivity index (χ1) is 9.78. The van der Waals surface area contributed by atoms with Crippen LogP contribution in [0.2, 0.25) is 0 Å². The molecule has 21 heavy (non-hydrogen) atoms. The largest absolute Gasteiger partial charge is 0.477 e. The third-order valence-corrected chi connectivity index (χ3v) is 2.30. The Kier molecular flexibility index (Phi) is 5.95. The lowest BCUT2D eigenvalue weighted by Crippen LogP contribution is -2.33. The van der Waals surface area contributed by atoms with E-state index in [2.05, 4.69) is 15.6 Å². The number of alkyl carbamates (subject to hydrolysis) is 1. The number of carboxylic acids is 1. The molecule has 1 aromatic rings. The van der Waals surface area contributed by atoms with Gasteiger partial charge in [-0.2, -0.15) is 0 Å². The molecule has 0 aliphatic heterocycles. The van der Waals surface area contributed by atoms with Gasteiger partial charge in [0.1, 0.15) is 11.4 Å². The number of carboxylic acid groups (broad SMARTS) is 1. The highest BCUT2D eigenvalue weighted by molar-refractivity contribution is 5.85. The van der Waals surface area contributed by atoms with E-state index in [9.17, 15) is 9.59 Å². The molecule has 0 bridgehead atoms. The Labute approximate surface area is 123 Å². The number of rotatable bonds is 6. The molecule has 0 aromatic carbocycles. The first-order valence-corrected chi connectivity index (χ1v) is 6.69. The average molecular weight is 295 g/mol. The maximum absolute atomic E-state index is 11.4. The minimum atomic E-state index is -1.06. The fourth-order valence-electron chi connectivity index (χ4n) is 1.46. The lowest BCUT2D eigenvalue weighted by molar-refractivity contribution is 0.0527. The molecule has 0 saturated heterocycles. The van der Waals surface area contributed by atoms with Crippen molar-refractivity contribution in [3.05, 3.63) is 23.9 Å². The summed E-state index contributed by atoms with van der Waals surface area (Å²) in [4.78, 5) is 26.1. The number of pyridine rings is 1. The van der Waals surface area contributed by atoms with Crippen molar-refractivity contribution in [3.63, 3.8) is 0 Å². The lowest BCUT2D eigenvalue weighted by Gasteiger charge is -2.19. The fourth-order valence-corrected chi connectivity index (χ4v) is 1.46. The van der Waals surface area contributed by atoms with Crippen LogP contribution >= 0.6 is 0 Å². The minimum absolute atomic E-state index is 0.00752. The Morgan fingerprint density at radius 2 is 2.00 bits per heavy atom. The van der Waals surface area contributed by atoms with E-state index in [0.717, 1.165) is 0 Å². The van der Waals surface area contributed by atoms with E-state index in [-0.39, 0.29) is 5.69 Å². The summed E-state index contributed by atoms with van der Waals surface area (Å²) in [6, 6.07) is 4.74. The average Bonchev–Trinajstić information content (AvgIpc) is 2.36. The van der Waals surface area contributed by atoms with Crippen LogP contribution in [0.5, 0.6) is 0 Å². The van der Waals surface area contributed by atoms with Crippen molar-refractivity contribution in [2.24, 2.45) is 0 Å². The van der Waals surface area contributed by atoms with Gasteiger partial charge in [-0.1, -0.05) is 6.07 Å². The van der Waals surface area contributed by atoms with Crippen LogP contribution in [0.15, 0.2) is 18.2 Å². The topological polar surface area (TPSA) is 101 Å². The summed E-state index contributed by atoms with van der Waals surface area (Å²) in [7, 11) is 0. The van der Waals surface area contributed by atoms with Crippen LogP contribution in [0.4, 0.5) is 10.6 Å². The maximum atomic E-state index is 11.4. The number of hydrogen-bond donors (Lipinski definition) is 3. The van der Waals surface area contributed by atoms with Crippen molar-refractivity contribution < 1.29 is 19.4 Å². The molecule has 1 rings (SSSR count). The van der Waals surface area contributed by atoms with Gasteiger partial charge in [0.15, 0.2) is 5.69 Å². The zero-order chi connectivity index (χ0) is 15.9. The van der Waals surface area contributed by atoms with Crippen molar-refractivity contribution in [2.45, 2.75) is 32.8 Å². The predicted octanol–water partition coefficient (Wildman–Crippen LogP) is 2.11. The third kappa shape index (κ3) is 7.14. The van der Waals surface area contributed by atoms with Crippen LogP contribution in [0.1, 0.15) is 37.7 Å². The molecule has 0 radical (unpaired) electrons. The minimum Gasteiger partial charge on any atom is -0.477 e. The standard InChI is InChI=1S/C14H21N3O4/c1-14(2,3)21-13(20)16-9-5-8-15-11-7-4-6-10(17-11)12(18)19/h4,6-7H,5,8-9H2,1-3H3,(H,15,17)(H,16,20)(H,18,19). The summed E-state index contributed by atoms with van der Waals surface area (Å²) in [6.45, 7) is 6.42. The van der Waals surface area contributed by atoms with Gasteiger partial charge in [0.25, 0.3) is 0 Å². The number of carbonyl (C=O) groups is 2. The molecule has 0 atom stereocenters. The van der Waals surface area contributed by atoms with Gasteiger partial charge in [0, 0.05) is 13.1 Å². The number of aromatic carboxylic acids is 1. The Bertz CT molecular complexity index is 497. The van der Waals surface area contributed by atoms with E-state index in [1.807, 2.05) is 0 Å². The number of aromatic nitrogens is 1. The van der Waals surface area contributed by atoms with Gasteiger partial charge in [0.05, 0.1) is 0 Å². The molecule has 1 amide bonds. The normalized spacial score (nSPS) is 10.8. The molecule has 0 fully saturated rings. The molecule has 1 aromatic heterocycles. The molecule has 0 spiro atoms. The summed E-state index contributed by atoms with van der Waals surface area (Å²) in [6.07, 6.45) is 0.214. The molecule has 0 saturated carbocycles. The summed E-state index contributed by atoms with van der Waals surface area (Å²) in [5.74, 6) is -0.572. The van der Waals surface area contributed by atoms with Gasteiger partial charge in [-0.15, -0.1) is 0 Å². The molecule has 0 aliphatic rings. The van der Waals surface area contributed by atoms with E-state index in [0.29, 0.717) is 25.3 Å². The van der Waals surface area contributed by atoms with Crippen LogP contribution in [0, 0.1) is 0 Å². The number of amides is 1. The van der Waals surface area contributed by atoms with Crippen LogP contribution in [0.25, 0.3) is 0 Å². The quantitative estimate of drug-likeness (QED) is 0.695. The second-order valence-corrected chi connectivity index (χ2v) is 5.42. The molecule has 0 unspecified atom stereocenters. The number of anilines is 1. The monoisotopic (exact) mass is 295 g/mol. The molecule has 1 heterocycles. The molecule has 0 aliphatic carbocycles. The summed E-state index contributed by atoms with van der Waals surface area (Å²) in [5.41, 5.74) is -0.518. The number of nitrogens with zero attached hydrogens (tertiary/aromatic N) is 1. The van der Waals surface area contributed by atoms with Gasteiger partial charge in [-0.05, 0) is 39.3 Å². The summed E-state index contributed by atoms with van der Waals surface area (Å²) >= 11 is 0. The number of ether oxygens (including phenoxy) is 1. The van der Waals surface area contributed by atoms with Crippen LogP contribution < -0.4 is 10.6 Å². The van der Waals surface area contributed by atoms with E-state index in [1.165, 1.54) is 6.07 Å². The van der Waals surface area contributed by atoms with Crippen LogP contribution in [-0.2, 0) is 4.74 Å². The molecular weight excluding hydrogens is 274 g/mol. The van der Waals surface area contributed by atoms with Gasteiger partial charge >= 0.3 is 12.1 Å². The van der Waals surface area contributed by atoms with E-state index >= 15 is 0 Å². The zero-order valence-corrected chi connectivity index (χ0v) is 12.5. The Morgan fingerprint density at radius 1 is 1.29 bits per heavy atom. The van der Waals surface area contributed by atoms with Crippen LogP contribution in [-0.4, -0.2) is 40.8 Å². The summed E-state index contributed by atoms with van der Waals surface area (Å²) in [5, 5.41) is 14.5. The molecular formula is C14H21N3O4. The predicted molar refractivity (Wildman–Crippen MR) is 78.5 cm³/mol. The van der Waals surface area contributed by atoms with Gasteiger partial charge in [0.2, 0.25) is 0 Å². The van der Waals surface area contributed by atoms with Crippen molar-refractivity contribution in [2.75, 3.05) is 18.4 Å². The van der Waals surface area contributed by atoms with Gasteiger partial charge in [-0.25, -0.2) is 14.6 Å².